The van der Waals surface area contributed by atoms with Crippen LogP contribution >= 0.6 is 11.6 Å². The van der Waals surface area contributed by atoms with Crippen LogP contribution in [0.1, 0.15) is 15.9 Å². The number of aliphatic hydroxyl groups excluding tert-OH is 1. The van der Waals surface area contributed by atoms with Gasteiger partial charge in [-0.05, 0) is 55.0 Å². The molecular weight excluding hydrogens is 352 g/mol. The first kappa shape index (κ1) is 18.4. The molecule has 0 aliphatic rings. The van der Waals surface area contributed by atoms with Crippen molar-refractivity contribution >= 4 is 33.2 Å². The third-order valence-electron chi connectivity index (χ3n) is 3.27. The molecule has 0 atom stereocenters. The molecule has 0 unspecified atom stereocenters. The lowest BCUT2D eigenvalue weighted by Crippen LogP contribution is -2.26. The van der Waals surface area contributed by atoms with Crippen LogP contribution in [-0.2, 0) is 10.0 Å². The minimum absolute atomic E-state index is 0.0591. The number of aryl methyl sites for hydroxylation is 1. The van der Waals surface area contributed by atoms with Crippen molar-refractivity contribution in [2.75, 3.05) is 18.5 Å². The van der Waals surface area contributed by atoms with Gasteiger partial charge in [0.05, 0.1) is 11.5 Å². The number of halogens is 1. The highest BCUT2D eigenvalue weighted by Gasteiger charge is 2.15. The fourth-order valence-electron chi connectivity index (χ4n) is 2.00. The first-order valence-electron chi connectivity index (χ1n) is 7.11. The van der Waals surface area contributed by atoms with E-state index in [-0.39, 0.29) is 24.0 Å². The number of anilines is 1. The molecule has 0 spiro atoms. The van der Waals surface area contributed by atoms with Gasteiger partial charge in [-0.25, -0.2) is 13.1 Å². The third kappa shape index (κ3) is 4.55. The van der Waals surface area contributed by atoms with Crippen LogP contribution in [0.4, 0.5) is 5.69 Å². The Labute approximate surface area is 145 Å². The summed E-state index contributed by atoms with van der Waals surface area (Å²) in [6, 6.07) is 10.8. The zero-order valence-corrected chi connectivity index (χ0v) is 14.5. The third-order valence-corrected chi connectivity index (χ3v) is 4.98. The lowest BCUT2D eigenvalue weighted by Gasteiger charge is -2.11. The Kier molecular flexibility index (Phi) is 5.95. The Hall–Kier alpha value is -1.93. The van der Waals surface area contributed by atoms with Crippen LogP contribution in [0.5, 0.6) is 0 Å². The number of carbonyl (C=O) groups is 1. The monoisotopic (exact) mass is 368 g/mol. The second-order valence-electron chi connectivity index (χ2n) is 5.06. The van der Waals surface area contributed by atoms with E-state index >= 15 is 0 Å². The molecule has 0 fully saturated rings. The van der Waals surface area contributed by atoms with Crippen LogP contribution in [0.15, 0.2) is 47.4 Å². The zero-order chi connectivity index (χ0) is 17.7. The molecule has 6 nitrogen and oxygen atoms in total. The molecule has 2 rings (SSSR count). The summed E-state index contributed by atoms with van der Waals surface area (Å²) >= 11 is 5.79. The largest absolute Gasteiger partial charge is 0.395 e. The average molecular weight is 369 g/mol. The quantitative estimate of drug-likeness (QED) is 0.728. The van der Waals surface area contributed by atoms with Crippen molar-refractivity contribution in [3.8, 4) is 0 Å². The molecule has 0 saturated carbocycles. The summed E-state index contributed by atoms with van der Waals surface area (Å²) < 4.78 is 26.3. The van der Waals surface area contributed by atoms with Crippen LogP contribution in [0.25, 0.3) is 0 Å². The van der Waals surface area contributed by atoms with Gasteiger partial charge in [-0.1, -0.05) is 11.6 Å². The Morgan fingerprint density at radius 1 is 1.17 bits per heavy atom. The maximum Gasteiger partial charge on any atom is 0.255 e. The van der Waals surface area contributed by atoms with E-state index in [9.17, 15) is 13.2 Å². The van der Waals surface area contributed by atoms with Crippen molar-refractivity contribution in [2.24, 2.45) is 0 Å². The highest BCUT2D eigenvalue weighted by molar-refractivity contribution is 7.89. The first-order chi connectivity index (χ1) is 11.3. The highest BCUT2D eigenvalue weighted by Crippen LogP contribution is 2.20. The van der Waals surface area contributed by atoms with Crippen molar-refractivity contribution in [3.05, 3.63) is 58.6 Å². The number of benzene rings is 2. The lowest BCUT2D eigenvalue weighted by molar-refractivity contribution is 0.102. The molecule has 2 aromatic rings. The van der Waals surface area contributed by atoms with Crippen molar-refractivity contribution in [2.45, 2.75) is 11.8 Å². The number of sulfonamides is 1. The van der Waals surface area contributed by atoms with Gasteiger partial charge in [0, 0.05) is 22.8 Å². The molecule has 128 valence electrons. The summed E-state index contributed by atoms with van der Waals surface area (Å²) in [5, 5.41) is 12.0. The molecule has 0 aliphatic carbocycles. The van der Waals surface area contributed by atoms with Crippen LogP contribution in [0.3, 0.4) is 0 Å². The minimum atomic E-state index is -3.68. The second-order valence-corrected chi connectivity index (χ2v) is 7.26. The van der Waals surface area contributed by atoms with Crippen LogP contribution in [0.2, 0.25) is 5.02 Å². The first-order valence-corrected chi connectivity index (χ1v) is 8.97. The van der Waals surface area contributed by atoms with Gasteiger partial charge in [0.15, 0.2) is 0 Å². The zero-order valence-electron chi connectivity index (χ0n) is 12.9. The molecule has 0 bridgehead atoms. The van der Waals surface area contributed by atoms with Crippen LogP contribution in [0, 0.1) is 6.92 Å². The molecule has 0 aromatic heterocycles. The van der Waals surface area contributed by atoms with Gasteiger partial charge in [-0.15, -0.1) is 0 Å². The van der Waals surface area contributed by atoms with Crippen molar-refractivity contribution in [1.29, 1.82) is 0 Å². The van der Waals surface area contributed by atoms with E-state index in [1.807, 2.05) is 0 Å². The fourth-order valence-corrected chi connectivity index (χ4v) is 3.23. The topological polar surface area (TPSA) is 95.5 Å². The SMILES string of the molecule is Cc1cc(S(=O)(=O)NCCO)ccc1NC(=O)c1ccc(Cl)cc1. The summed E-state index contributed by atoms with van der Waals surface area (Å²) in [6.45, 7) is 1.35. The molecule has 2 aromatic carbocycles. The van der Waals surface area contributed by atoms with Crippen molar-refractivity contribution < 1.29 is 18.3 Å². The highest BCUT2D eigenvalue weighted by atomic mass is 35.5. The smallest absolute Gasteiger partial charge is 0.255 e. The van der Waals surface area contributed by atoms with E-state index in [2.05, 4.69) is 10.0 Å². The number of carbonyl (C=O) groups excluding carboxylic acids is 1. The summed E-state index contributed by atoms with van der Waals surface area (Å²) in [6.07, 6.45) is 0. The summed E-state index contributed by atoms with van der Waals surface area (Å²) in [7, 11) is -3.68. The number of hydrogen-bond acceptors (Lipinski definition) is 4. The molecule has 1 amide bonds. The maximum atomic E-state index is 12.2. The number of amides is 1. The summed E-state index contributed by atoms with van der Waals surface area (Å²) in [5.41, 5.74) is 1.56. The van der Waals surface area contributed by atoms with Gasteiger partial charge in [0.2, 0.25) is 10.0 Å². The van der Waals surface area contributed by atoms with E-state index in [4.69, 9.17) is 16.7 Å². The predicted octanol–water partition coefficient (Wildman–Crippen LogP) is 2.17. The predicted molar refractivity (Wildman–Crippen MR) is 92.9 cm³/mol. The fraction of sp³-hybridized carbons (Fsp3) is 0.188. The van der Waals surface area contributed by atoms with Gasteiger partial charge in [-0.3, -0.25) is 4.79 Å². The Morgan fingerprint density at radius 2 is 1.83 bits per heavy atom. The second kappa shape index (κ2) is 7.76. The average Bonchev–Trinajstić information content (AvgIpc) is 2.55. The Bertz CT molecular complexity index is 836. The minimum Gasteiger partial charge on any atom is -0.395 e. The van der Waals surface area contributed by atoms with Crippen molar-refractivity contribution in [3.63, 3.8) is 0 Å². The summed E-state index contributed by atoms with van der Waals surface area (Å²) in [4.78, 5) is 12.3. The van der Waals surface area contributed by atoms with Gasteiger partial charge in [0.1, 0.15) is 0 Å². The molecule has 0 radical (unpaired) electrons. The lowest BCUT2D eigenvalue weighted by atomic mass is 10.1. The van der Waals surface area contributed by atoms with E-state index < -0.39 is 10.0 Å². The number of hydrogen-bond donors (Lipinski definition) is 3. The Morgan fingerprint density at radius 3 is 2.42 bits per heavy atom. The van der Waals surface area contributed by atoms with E-state index in [1.165, 1.54) is 18.2 Å². The molecule has 0 saturated heterocycles. The molecule has 0 aliphatic heterocycles. The molecule has 0 heterocycles. The Balaban J connectivity index is 2.18. The number of aliphatic hydroxyl groups is 1. The standard InChI is InChI=1S/C16H17ClN2O4S/c1-11-10-14(24(22,23)18-8-9-20)6-7-15(11)19-16(21)12-2-4-13(17)5-3-12/h2-7,10,18,20H,8-9H2,1H3,(H,19,21). The van der Waals surface area contributed by atoms with Gasteiger partial charge < -0.3 is 10.4 Å². The van der Waals surface area contributed by atoms with E-state index in [0.717, 1.165) is 0 Å². The van der Waals surface area contributed by atoms with E-state index in [1.54, 1.807) is 31.2 Å². The number of rotatable bonds is 6. The molecule has 3 N–H and O–H groups in total. The van der Waals surface area contributed by atoms with Gasteiger partial charge in [-0.2, -0.15) is 0 Å². The van der Waals surface area contributed by atoms with Gasteiger partial charge in [0.25, 0.3) is 5.91 Å². The molecule has 8 heteroatoms. The number of nitrogens with one attached hydrogen (secondary N) is 2. The molecular formula is C16H17ClN2O4S. The van der Waals surface area contributed by atoms with Crippen LogP contribution in [-0.4, -0.2) is 32.6 Å². The maximum absolute atomic E-state index is 12.2. The van der Waals surface area contributed by atoms with Gasteiger partial charge >= 0.3 is 0 Å². The van der Waals surface area contributed by atoms with Crippen molar-refractivity contribution in [1.82, 2.24) is 4.72 Å². The normalized spacial score (nSPS) is 11.3. The van der Waals surface area contributed by atoms with E-state index in [0.29, 0.717) is 21.8 Å². The van der Waals surface area contributed by atoms with Crippen LogP contribution < -0.4 is 10.0 Å². The molecule has 24 heavy (non-hydrogen) atoms. The summed E-state index contributed by atoms with van der Waals surface area (Å²) in [5.74, 6) is -0.316.